The van der Waals surface area contributed by atoms with Gasteiger partial charge in [0.25, 0.3) is 0 Å². The van der Waals surface area contributed by atoms with Crippen molar-refractivity contribution < 1.29 is 24.2 Å². The third-order valence-electron chi connectivity index (χ3n) is 6.85. The minimum absolute atomic E-state index is 0.157. The number of nitrogens with one attached hydrogen (secondary N) is 2. The molecular formula is C30H33N3O5. The molecule has 0 aromatic heterocycles. The number of carbonyl (C=O) groups is 3. The van der Waals surface area contributed by atoms with Gasteiger partial charge in [-0.15, -0.1) is 0 Å². The number of aryl methyl sites for hydroxylation is 1. The van der Waals surface area contributed by atoms with Gasteiger partial charge in [-0.2, -0.15) is 0 Å². The van der Waals surface area contributed by atoms with Gasteiger partial charge in [0.2, 0.25) is 5.91 Å². The largest absolute Gasteiger partial charge is 0.496 e. The van der Waals surface area contributed by atoms with Gasteiger partial charge in [0.15, 0.2) is 0 Å². The number of methoxy groups -OCH3 is 1. The molecule has 3 aromatic carbocycles. The van der Waals surface area contributed by atoms with Crippen molar-refractivity contribution in [1.82, 2.24) is 4.90 Å². The van der Waals surface area contributed by atoms with Gasteiger partial charge in [0, 0.05) is 23.5 Å². The molecule has 4 rings (SSSR count). The number of carbonyl (C=O) groups excluding carboxylic acids is 2. The van der Waals surface area contributed by atoms with Crippen LogP contribution in [0.2, 0.25) is 0 Å². The predicted octanol–water partition coefficient (Wildman–Crippen LogP) is 6.13. The van der Waals surface area contributed by atoms with E-state index in [1.165, 1.54) is 18.7 Å². The first-order valence-electron chi connectivity index (χ1n) is 12.7. The molecule has 3 N–H and O–H groups in total. The van der Waals surface area contributed by atoms with Gasteiger partial charge in [0.1, 0.15) is 11.8 Å². The minimum Gasteiger partial charge on any atom is -0.496 e. The lowest BCUT2D eigenvalue weighted by atomic mass is 9.97. The summed E-state index contributed by atoms with van der Waals surface area (Å²) in [7, 11) is 1.50. The number of aromatic carboxylic acids is 1. The molecule has 1 atom stereocenters. The first-order chi connectivity index (χ1) is 18.2. The van der Waals surface area contributed by atoms with Crippen molar-refractivity contribution in [3.8, 4) is 16.9 Å². The number of likely N-dealkylation sites (tertiary alicyclic amines) is 1. The average Bonchev–Trinajstić information content (AvgIpc) is 3.39. The van der Waals surface area contributed by atoms with Gasteiger partial charge in [0.05, 0.1) is 12.7 Å². The fourth-order valence-corrected chi connectivity index (χ4v) is 4.78. The lowest BCUT2D eigenvalue weighted by Gasteiger charge is -2.24. The molecule has 1 saturated heterocycles. The SMILES string of the molecule is COc1cc(C(=O)O)cc(C)c1-c1ccc(NC(=O)[C@H]2CCCN2C(=O)Nc2ccc(C(C)C)cc2)cc1. The summed E-state index contributed by atoms with van der Waals surface area (Å²) in [5.41, 5.74) is 5.04. The van der Waals surface area contributed by atoms with Crippen LogP contribution in [0.5, 0.6) is 5.75 Å². The van der Waals surface area contributed by atoms with Gasteiger partial charge in [-0.1, -0.05) is 38.1 Å². The summed E-state index contributed by atoms with van der Waals surface area (Å²) in [5, 5.41) is 15.2. The Labute approximate surface area is 222 Å². The van der Waals surface area contributed by atoms with Crippen molar-refractivity contribution in [1.29, 1.82) is 0 Å². The molecule has 3 aromatic rings. The molecule has 0 spiro atoms. The molecule has 1 heterocycles. The molecule has 3 amide bonds. The lowest BCUT2D eigenvalue weighted by molar-refractivity contribution is -0.119. The van der Waals surface area contributed by atoms with Gasteiger partial charge in [-0.05, 0) is 78.8 Å². The molecule has 0 saturated carbocycles. The zero-order valence-electron chi connectivity index (χ0n) is 22.1. The molecule has 38 heavy (non-hydrogen) atoms. The van der Waals surface area contributed by atoms with E-state index in [-0.39, 0.29) is 17.5 Å². The first kappa shape index (κ1) is 26.7. The van der Waals surface area contributed by atoms with Crippen LogP contribution in [0, 0.1) is 6.92 Å². The van der Waals surface area contributed by atoms with Crippen LogP contribution in [0.3, 0.4) is 0 Å². The van der Waals surface area contributed by atoms with Crippen LogP contribution in [0.1, 0.15) is 54.1 Å². The zero-order valence-corrected chi connectivity index (χ0v) is 22.1. The van der Waals surface area contributed by atoms with Crippen LogP contribution >= 0.6 is 0 Å². The van der Waals surface area contributed by atoms with E-state index >= 15 is 0 Å². The second-order valence-electron chi connectivity index (χ2n) is 9.80. The highest BCUT2D eigenvalue weighted by molar-refractivity contribution is 6.00. The third-order valence-corrected chi connectivity index (χ3v) is 6.85. The van der Waals surface area contributed by atoms with Crippen molar-refractivity contribution >= 4 is 29.3 Å². The van der Waals surface area contributed by atoms with Gasteiger partial charge >= 0.3 is 12.0 Å². The van der Waals surface area contributed by atoms with Crippen LogP contribution in [0.15, 0.2) is 60.7 Å². The van der Waals surface area contributed by atoms with Crippen LogP contribution in [0.25, 0.3) is 11.1 Å². The van der Waals surface area contributed by atoms with E-state index in [0.717, 1.165) is 23.1 Å². The summed E-state index contributed by atoms with van der Waals surface area (Å²) in [6, 6.07) is 17.3. The van der Waals surface area contributed by atoms with Crippen molar-refractivity contribution in [2.45, 2.75) is 45.6 Å². The van der Waals surface area contributed by atoms with Crippen molar-refractivity contribution in [3.63, 3.8) is 0 Å². The number of rotatable bonds is 7. The van der Waals surface area contributed by atoms with E-state index in [1.54, 1.807) is 23.1 Å². The van der Waals surface area contributed by atoms with E-state index in [4.69, 9.17) is 4.74 Å². The van der Waals surface area contributed by atoms with E-state index in [0.29, 0.717) is 36.0 Å². The van der Waals surface area contributed by atoms with Crippen LogP contribution in [0.4, 0.5) is 16.2 Å². The molecule has 1 aliphatic rings. The highest BCUT2D eigenvalue weighted by Gasteiger charge is 2.34. The summed E-state index contributed by atoms with van der Waals surface area (Å²) >= 11 is 0. The number of nitrogens with zero attached hydrogens (tertiary/aromatic N) is 1. The Bertz CT molecular complexity index is 1330. The summed E-state index contributed by atoms with van der Waals surface area (Å²) in [6.45, 7) is 6.58. The molecule has 198 valence electrons. The molecule has 0 bridgehead atoms. The maximum Gasteiger partial charge on any atom is 0.335 e. The fraction of sp³-hybridized carbons (Fsp3) is 0.300. The number of urea groups is 1. The molecule has 8 heteroatoms. The molecule has 0 radical (unpaired) electrons. The van der Waals surface area contributed by atoms with Crippen molar-refractivity contribution in [3.05, 3.63) is 77.4 Å². The van der Waals surface area contributed by atoms with Crippen molar-refractivity contribution in [2.75, 3.05) is 24.3 Å². The monoisotopic (exact) mass is 515 g/mol. The number of carboxylic acid groups (broad SMARTS) is 1. The topological polar surface area (TPSA) is 108 Å². The highest BCUT2D eigenvalue weighted by Crippen LogP contribution is 2.35. The molecule has 1 fully saturated rings. The highest BCUT2D eigenvalue weighted by atomic mass is 16.5. The standard InChI is InChI=1S/C30H33N3O5/c1-18(2)20-7-11-24(12-8-20)32-30(37)33-15-5-6-25(33)28(34)31-23-13-9-21(10-14-23)27-19(3)16-22(29(35)36)17-26(27)38-4/h7-14,16-18,25H,5-6,15H2,1-4H3,(H,31,34)(H,32,37)(H,35,36)/t25-/m1/s1. The van der Waals surface area contributed by atoms with Gasteiger partial charge < -0.3 is 25.4 Å². The smallest absolute Gasteiger partial charge is 0.335 e. The predicted molar refractivity (Wildman–Crippen MR) is 148 cm³/mol. The van der Waals surface area contributed by atoms with Gasteiger partial charge in [-0.3, -0.25) is 4.79 Å². The van der Waals surface area contributed by atoms with E-state index in [2.05, 4.69) is 24.5 Å². The minimum atomic E-state index is -1.02. The Morgan fingerprint density at radius 1 is 0.974 bits per heavy atom. The van der Waals surface area contributed by atoms with Crippen LogP contribution in [-0.4, -0.2) is 47.6 Å². The maximum absolute atomic E-state index is 13.1. The summed E-state index contributed by atoms with van der Waals surface area (Å²) in [5.74, 6) is -0.385. The molecule has 1 aliphatic heterocycles. The second kappa shape index (κ2) is 11.4. The summed E-state index contributed by atoms with van der Waals surface area (Å²) in [6.07, 6.45) is 1.35. The Morgan fingerprint density at radius 2 is 1.61 bits per heavy atom. The number of anilines is 2. The summed E-state index contributed by atoms with van der Waals surface area (Å²) < 4.78 is 5.45. The molecular weight excluding hydrogens is 482 g/mol. The molecule has 8 nitrogen and oxygen atoms in total. The normalized spacial score (nSPS) is 14.9. The summed E-state index contributed by atoms with van der Waals surface area (Å²) in [4.78, 5) is 39.0. The van der Waals surface area contributed by atoms with E-state index in [1.807, 2.05) is 43.3 Å². The average molecular weight is 516 g/mol. The Morgan fingerprint density at radius 3 is 2.21 bits per heavy atom. The quantitative estimate of drug-likeness (QED) is 0.351. The molecule has 0 unspecified atom stereocenters. The van der Waals surface area contributed by atoms with E-state index < -0.39 is 12.0 Å². The Hall–Kier alpha value is -4.33. The van der Waals surface area contributed by atoms with Crippen LogP contribution in [-0.2, 0) is 4.79 Å². The Balaban J connectivity index is 1.44. The number of carboxylic acids is 1. The second-order valence-corrected chi connectivity index (χ2v) is 9.80. The number of ether oxygens (including phenoxy) is 1. The third kappa shape index (κ3) is 5.80. The number of benzene rings is 3. The zero-order chi connectivity index (χ0) is 27.4. The first-order valence-corrected chi connectivity index (χ1v) is 12.7. The number of hydrogen-bond acceptors (Lipinski definition) is 4. The Kier molecular flexibility index (Phi) is 8.00. The lowest BCUT2D eigenvalue weighted by Crippen LogP contribution is -2.45. The van der Waals surface area contributed by atoms with Crippen LogP contribution < -0.4 is 15.4 Å². The number of hydrogen-bond donors (Lipinski definition) is 3. The van der Waals surface area contributed by atoms with Gasteiger partial charge in [-0.25, -0.2) is 9.59 Å². The molecule has 0 aliphatic carbocycles. The van der Waals surface area contributed by atoms with E-state index in [9.17, 15) is 19.5 Å². The number of amides is 3. The fourth-order valence-electron chi connectivity index (χ4n) is 4.78. The van der Waals surface area contributed by atoms with Crippen molar-refractivity contribution in [2.24, 2.45) is 0 Å². The maximum atomic E-state index is 13.1.